The monoisotopic (exact) mass is 356 g/mol. The van der Waals surface area contributed by atoms with Crippen LogP contribution in [0.15, 0.2) is 64.1 Å². The first kappa shape index (κ1) is 13.2. The van der Waals surface area contributed by atoms with Crippen LogP contribution in [0, 0.1) is 0 Å². The molecule has 1 aliphatic heterocycles. The van der Waals surface area contributed by atoms with E-state index in [9.17, 15) is 0 Å². The second kappa shape index (κ2) is 5.35. The van der Waals surface area contributed by atoms with Crippen molar-refractivity contribution < 1.29 is 0 Å². The second-order valence-electron chi connectivity index (χ2n) is 4.99. The molecule has 1 aliphatic rings. The van der Waals surface area contributed by atoms with Crippen LogP contribution in [0.1, 0.15) is 5.82 Å². The molecule has 0 radical (unpaired) electrons. The van der Waals surface area contributed by atoms with E-state index in [1.807, 2.05) is 11.8 Å². The van der Waals surface area contributed by atoms with Gasteiger partial charge in [-0.2, -0.15) is 0 Å². The van der Waals surface area contributed by atoms with Crippen LogP contribution in [0.2, 0.25) is 0 Å². The quantitative estimate of drug-likeness (QED) is 0.613. The summed E-state index contributed by atoms with van der Waals surface area (Å²) in [5.41, 5.74) is 3.44. The van der Waals surface area contributed by atoms with Crippen molar-refractivity contribution in [2.75, 3.05) is 5.75 Å². The van der Waals surface area contributed by atoms with Gasteiger partial charge in [-0.25, -0.2) is 4.98 Å². The topological polar surface area (TPSA) is 17.8 Å². The summed E-state index contributed by atoms with van der Waals surface area (Å²) in [6.07, 6.45) is 3.15. The van der Waals surface area contributed by atoms with Crippen molar-refractivity contribution >= 4 is 27.7 Å². The number of rotatable bonds is 1. The van der Waals surface area contributed by atoms with Gasteiger partial charge in [-0.15, -0.1) is 11.8 Å². The number of halogens is 1. The predicted octanol–water partition coefficient (Wildman–Crippen LogP) is 4.95. The van der Waals surface area contributed by atoms with Crippen molar-refractivity contribution in [2.45, 2.75) is 11.3 Å². The number of imidazole rings is 1. The first-order valence-electron chi connectivity index (χ1n) is 6.88. The van der Waals surface area contributed by atoms with Crippen LogP contribution in [0.3, 0.4) is 0 Å². The Kier molecular flexibility index (Phi) is 3.36. The highest BCUT2D eigenvalue weighted by atomic mass is 79.9. The van der Waals surface area contributed by atoms with Gasteiger partial charge in [-0.05, 0) is 24.3 Å². The number of para-hydroxylation sites is 1. The minimum atomic E-state index is 0.996. The van der Waals surface area contributed by atoms with Gasteiger partial charge in [0.15, 0.2) is 0 Å². The predicted molar refractivity (Wildman–Crippen MR) is 91.1 cm³/mol. The Hall–Kier alpha value is -1.52. The van der Waals surface area contributed by atoms with Crippen molar-refractivity contribution in [1.29, 1.82) is 0 Å². The molecule has 0 N–H and O–H groups in total. The van der Waals surface area contributed by atoms with Crippen molar-refractivity contribution in [3.05, 3.63) is 65.0 Å². The molecule has 0 aliphatic carbocycles. The van der Waals surface area contributed by atoms with Gasteiger partial charge in [0.2, 0.25) is 0 Å². The Labute approximate surface area is 136 Å². The first-order chi connectivity index (χ1) is 10.3. The molecule has 0 unspecified atom stereocenters. The number of benzene rings is 2. The highest BCUT2D eigenvalue weighted by Gasteiger charge is 2.17. The Balaban J connectivity index is 1.85. The number of nitrogens with zero attached hydrogens (tertiary/aromatic N) is 2. The largest absolute Gasteiger partial charge is 0.302 e. The van der Waals surface area contributed by atoms with E-state index in [4.69, 9.17) is 4.98 Å². The molecule has 0 amide bonds. The second-order valence-corrected chi connectivity index (χ2v) is 7.04. The summed E-state index contributed by atoms with van der Waals surface area (Å²) in [5, 5.41) is 0. The van der Waals surface area contributed by atoms with Gasteiger partial charge in [-0.1, -0.05) is 40.2 Å². The third-order valence-electron chi connectivity index (χ3n) is 3.63. The van der Waals surface area contributed by atoms with E-state index in [-0.39, 0.29) is 0 Å². The zero-order valence-corrected chi connectivity index (χ0v) is 13.7. The molecular formula is C17H13BrN2S. The molecule has 0 saturated carbocycles. The maximum absolute atomic E-state index is 4.84. The first-order valence-corrected chi connectivity index (χ1v) is 8.65. The summed E-state index contributed by atoms with van der Waals surface area (Å²) in [6.45, 7) is 0. The Morgan fingerprint density at radius 2 is 1.86 bits per heavy atom. The third-order valence-corrected chi connectivity index (χ3v) is 5.22. The number of thioether (sulfide) groups is 1. The minimum Gasteiger partial charge on any atom is -0.302 e. The maximum atomic E-state index is 4.84. The summed E-state index contributed by atoms with van der Waals surface area (Å²) in [5.74, 6) is 2.22. The van der Waals surface area contributed by atoms with E-state index in [0.717, 1.165) is 33.7 Å². The number of fused-ring (bicyclic) bond motifs is 3. The number of hydrogen-bond acceptors (Lipinski definition) is 2. The third kappa shape index (κ3) is 2.43. The van der Waals surface area contributed by atoms with Gasteiger partial charge >= 0.3 is 0 Å². The molecule has 3 aromatic rings. The molecule has 104 valence electrons. The van der Waals surface area contributed by atoms with Crippen LogP contribution >= 0.6 is 27.7 Å². The van der Waals surface area contributed by atoms with Crippen LogP contribution < -0.4 is 0 Å². The molecule has 0 fully saturated rings. The molecule has 0 bridgehead atoms. The summed E-state index contributed by atoms with van der Waals surface area (Å²) >= 11 is 5.39. The fourth-order valence-corrected chi connectivity index (χ4v) is 3.85. The molecular weight excluding hydrogens is 344 g/mol. The molecule has 0 spiro atoms. The molecule has 2 aromatic carbocycles. The molecule has 4 rings (SSSR count). The molecule has 4 heteroatoms. The van der Waals surface area contributed by atoms with Crippen molar-refractivity contribution in [3.8, 4) is 16.9 Å². The van der Waals surface area contributed by atoms with E-state index >= 15 is 0 Å². The minimum absolute atomic E-state index is 0.996. The van der Waals surface area contributed by atoms with E-state index in [1.165, 1.54) is 10.6 Å². The van der Waals surface area contributed by atoms with Gasteiger partial charge in [0.1, 0.15) is 5.82 Å². The number of aryl methyl sites for hydroxylation is 1. The fourth-order valence-electron chi connectivity index (χ4n) is 2.59. The Bertz CT molecular complexity index is 793. The van der Waals surface area contributed by atoms with E-state index in [2.05, 4.69) is 75.2 Å². The van der Waals surface area contributed by atoms with Crippen molar-refractivity contribution in [3.63, 3.8) is 0 Å². The van der Waals surface area contributed by atoms with Crippen LogP contribution in [0.5, 0.6) is 0 Å². The molecule has 2 nitrogen and oxygen atoms in total. The summed E-state index contributed by atoms with van der Waals surface area (Å²) in [4.78, 5) is 6.17. The SMILES string of the molecule is Brc1ccc(-c2cn3c(n2)CCSc2ccccc2-3)cc1. The van der Waals surface area contributed by atoms with Crippen molar-refractivity contribution in [1.82, 2.24) is 9.55 Å². The summed E-state index contributed by atoms with van der Waals surface area (Å²) in [7, 11) is 0. The smallest absolute Gasteiger partial charge is 0.114 e. The lowest BCUT2D eigenvalue weighted by Gasteiger charge is -2.07. The average Bonchev–Trinajstić information content (AvgIpc) is 2.85. The maximum Gasteiger partial charge on any atom is 0.114 e. The Morgan fingerprint density at radius 1 is 1.05 bits per heavy atom. The summed E-state index contributed by atoms with van der Waals surface area (Å²) < 4.78 is 3.33. The standard InChI is InChI=1S/C17H13BrN2S/c18-13-7-5-12(6-8-13)14-11-20-15-3-1-2-4-16(15)21-10-9-17(20)19-14/h1-8,11H,9-10H2. The Morgan fingerprint density at radius 3 is 2.71 bits per heavy atom. The lowest BCUT2D eigenvalue weighted by Crippen LogP contribution is -1.98. The van der Waals surface area contributed by atoms with Crippen LogP contribution in [0.25, 0.3) is 16.9 Å². The van der Waals surface area contributed by atoms with Crippen LogP contribution in [-0.2, 0) is 6.42 Å². The average molecular weight is 357 g/mol. The molecule has 0 saturated heterocycles. The van der Waals surface area contributed by atoms with Crippen LogP contribution in [0.4, 0.5) is 0 Å². The van der Waals surface area contributed by atoms with Gasteiger partial charge in [0.05, 0.1) is 11.4 Å². The zero-order chi connectivity index (χ0) is 14.2. The van der Waals surface area contributed by atoms with E-state index in [1.54, 1.807) is 0 Å². The number of aromatic nitrogens is 2. The van der Waals surface area contributed by atoms with Gasteiger partial charge in [0, 0.05) is 33.3 Å². The van der Waals surface area contributed by atoms with E-state index < -0.39 is 0 Å². The lowest BCUT2D eigenvalue weighted by molar-refractivity contribution is 0.897. The van der Waals surface area contributed by atoms with Gasteiger partial charge in [-0.3, -0.25) is 0 Å². The number of hydrogen-bond donors (Lipinski definition) is 0. The molecule has 0 atom stereocenters. The normalized spacial score (nSPS) is 13.4. The molecule has 1 aromatic heterocycles. The highest BCUT2D eigenvalue weighted by molar-refractivity contribution is 9.10. The summed E-state index contributed by atoms with van der Waals surface area (Å²) in [6, 6.07) is 16.9. The zero-order valence-electron chi connectivity index (χ0n) is 11.3. The van der Waals surface area contributed by atoms with Gasteiger partial charge < -0.3 is 4.57 Å². The molecule has 2 heterocycles. The highest BCUT2D eigenvalue weighted by Crippen LogP contribution is 2.32. The van der Waals surface area contributed by atoms with Crippen molar-refractivity contribution in [2.24, 2.45) is 0 Å². The molecule has 21 heavy (non-hydrogen) atoms. The fraction of sp³-hybridized carbons (Fsp3) is 0.118. The van der Waals surface area contributed by atoms with Gasteiger partial charge in [0.25, 0.3) is 0 Å². The van der Waals surface area contributed by atoms with Crippen LogP contribution in [-0.4, -0.2) is 15.3 Å². The lowest BCUT2D eigenvalue weighted by atomic mass is 10.2. The van der Waals surface area contributed by atoms with E-state index in [0.29, 0.717) is 0 Å².